The average molecular weight is 302 g/mol. The normalized spacial score (nSPS) is 13.6. The Balaban J connectivity index is 1.65. The molecule has 0 atom stereocenters. The fraction of sp³-hybridized carbons (Fsp3) is 0.312. The van der Waals surface area contributed by atoms with Crippen LogP contribution >= 0.6 is 11.3 Å². The largest absolute Gasteiger partial charge is 0.488 e. The van der Waals surface area contributed by atoms with Gasteiger partial charge in [-0.1, -0.05) is 6.07 Å². The molecule has 4 nitrogen and oxygen atoms in total. The maximum Gasteiger partial charge on any atom is 0.275 e. The molecule has 21 heavy (non-hydrogen) atoms. The number of hydrogen-bond donors (Lipinski definition) is 2. The van der Waals surface area contributed by atoms with E-state index in [1.807, 2.05) is 12.1 Å². The van der Waals surface area contributed by atoms with Crippen LogP contribution in [0.25, 0.3) is 0 Å². The lowest BCUT2D eigenvalue weighted by molar-refractivity contribution is 0.0957. The van der Waals surface area contributed by atoms with E-state index in [2.05, 4.69) is 17.6 Å². The molecule has 0 spiro atoms. The van der Waals surface area contributed by atoms with Crippen LogP contribution in [-0.4, -0.2) is 5.91 Å². The van der Waals surface area contributed by atoms with Crippen LogP contribution in [0.3, 0.4) is 0 Å². The van der Waals surface area contributed by atoms with Crippen LogP contribution in [0.2, 0.25) is 0 Å². The van der Waals surface area contributed by atoms with Crippen molar-refractivity contribution >= 4 is 17.2 Å². The molecule has 1 amide bonds. The third kappa shape index (κ3) is 3.25. The highest BCUT2D eigenvalue weighted by atomic mass is 32.1. The monoisotopic (exact) mass is 302 g/mol. The molecule has 0 saturated heterocycles. The molecule has 0 fully saturated rings. The predicted octanol–water partition coefficient (Wildman–Crippen LogP) is 2.81. The summed E-state index contributed by atoms with van der Waals surface area (Å²) in [4.78, 5) is 13.0. The molecule has 0 aliphatic heterocycles. The number of nitrogens with two attached hydrogens (primary N) is 1. The summed E-state index contributed by atoms with van der Waals surface area (Å²) in [5, 5.41) is 0. The van der Waals surface area contributed by atoms with Crippen molar-refractivity contribution in [1.82, 2.24) is 5.43 Å². The number of benzene rings is 1. The van der Waals surface area contributed by atoms with Gasteiger partial charge in [0.25, 0.3) is 5.91 Å². The van der Waals surface area contributed by atoms with Gasteiger partial charge in [0, 0.05) is 4.88 Å². The lowest BCUT2D eigenvalue weighted by Gasteiger charge is -2.16. The van der Waals surface area contributed by atoms with Gasteiger partial charge < -0.3 is 4.74 Å². The summed E-state index contributed by atoms with van der Waals surface area (Å²) < 4.78 is 5.83. The number of ether oxygens (including phenoxy) is 1. The molecule has 0 bridgehead atoms. The molecule has 1 aromatic carbocycles. The van der Waals surface area contributed by atoms with Gasteiger partial charge in [-0.05, 0) is 61.1 Å². The van der Waals surface area contributed by atoms with Gasteiger partial charge in [-0.15, -0.1) is 11.3 Å². The van der Waals surface area contributed by atoms with Crippen LogP contribution in [0.5, 0.6) is 5.75 Å². The quantitative estimate of drug-likeness (QED) is 0.518. The second-order valence-corrected chi connectivity index (χ2v) is 6.33. The zero-order valence-electron chi connectivity index (χ0n) is 11.7. The van der Waals surface area contributed by atoms with Crippen LogP contribution in [0.1, 0.15) is 38.5 Å². The predicted molar refractivity (Wildman–Crippen MR) is 83.4 cm³/mol. The maximum atomic E-state index is 11.4. The molecule has 0 radical (unpaired) electrons. The zero-order valence-corrected chi connectivity index (χ0v) is 12.5. The summed E-state index contributed by atoms with van der Waals surface area (Å²) in [5.74, 6) is 5.75. The first kappa shape index (κ1) is 14.1. The molecule has 110 valence electrons. The highest BCUT2D eigenvalue weighted by Gasteiger charge is 2.11. The Morgan fingerprint density at radius 1 is 1.19 bits per heavy atom. The lowest BCUT2D eigenvalue weighted by Crippen LogP contribution is -2.29. The minimum absolute atomic E-state index is 0.264. The van der Waals surface area contributed by atoms with E-state index in [0.717, 1.165) is 17.0 Å². The maximum absolute atomic E-state index is 11.4. The van der Waals surface area contributed by atoms with Crippen molar-refractivity contribution < 1.29 is 9.53 Å². The summed E-state index contributed by atoms with van der Waals surface area (Å²) in [6, 6.07) is 10.0. The Bertz CT molecular complexity index is 651. The number of carbonyl (C=O) groups is 1. The highest BCUT2D eigenvalue weighted by Crippen LogP contribution is 2.26. The highest BCUT2D eigenvalue weighted by molar-refractivity contribution is 7.14. The van der Waals surface area contributed by atoms with E-state index in [1.165, 1.54) is 41.7 Å². The molecule has 1 aliphatic carbocycles. The molecule has 0 unspecified atom stereocenters. The van der Waals surface area contributed by atoms with Gasteiger partial charge in [-0.25, -0.2) is 5.84 Å². The molecule has 1 aromatic heterocycles. The Labute approximate surface area is 127 Å². The van der Waals surface area contributed by atoms with Crippen LogP contribution in [0.15, 0.2) is 30.3 Å². The van der Waals surface area contributed by atoms with Crippen molar-refractivity contribution in [3.63, 3.8) is 0 Å². The number of fused-ring (bicyclic) bond motifs is 1. The number of carbonyl (C=O) groups excluding carboxylic acids is 1. The van der Waals surface area contributed by atoms with Gasteiger partial charge in [0.1, 0.15) is 12.4 Å². The molecule has 1 heterocycles. The Morgan fingerprint density at radius 2 is 2.00 bits per heavy atom. The van der Waals surface area contributed by atoms with Crippen LogP contribution < -0.4 is 16.0 Å². The molecule has 0 saturated carbocycles. The van der Waals surface area contributed by atoms with Crippen LogP contribution in [0.4, 0.5) is 0 Å². The van der Waals surface area contributed by atoms with E-state index >= 15 is 0 Å². The van der Waals surface area contributed by atoms with E-state index in [1.54, 1.807) is 6.07 Å². The van der Waals surface area contributed by atoms with Gasteiger partial charge >= 0.3 is 0 Å². The second kappa shape index (κ2) is 6.28. The van der Waals surface area contributed by atoms with E-state index in [9.17, 15) is 4.79 Å². The minimum Gasteiger partial charge on any atom is -0.488 e. The molecular formula is C16H18N2O2S. The standard InChI is InChI=1S/C16H18N2O2S/c17-18-16(19)15-8-7-14(21-15)10-20-13-6-5-11-3-1-2-4-12(11)9-13/h5-9H,1-4,10,17H2,(H,18,19). The van der Waals surface area contributed by atoms with Crippen molar-refractivity contribution in [1.29, 1.82) is 0 Å². The first-order chi connectivity index (χ1) is 10.3. The Hall–Kier alpha value is -1.85. The van der Waals surface area contributed by atoms with Gasteiger partial charge in [0.15, 0.2) is 0 Å². The molecule has 5 heteroatoms. The average Bonchev–Trinajstić information content (AvgIpc) is 3.01. The topological polar surface area (TPSA) is 64.3 Å². The van der Waals surface area contributed by atoms with Crippen molar-refractivity contribution in [3.8, 4) is 5.75 Å². The molecular weight excluding hydrogens is 284 g/mol. The van der Waals surface area contributed by atoms with Crippen LogP contribution in [-0.2, 0) is 19.4 Å². The summed E-state index contributed by atoms with van der Waals surface area (Å²) in [7, 11) is 0. The second-order valence-electron chi connectivity index (χ2n) is 5.17. The number of hydrazine groups is 1. The number of hydrogen-bond acceptors (Lipinski definition) is 4. The van der Waals surface area contributed by atoms with Gasteiger partial charge in [0.2, 0.25) is 0 Å². The molecule has 2 aromatic rings. The SMILES string of the molecule is NNC(=O)c1ccc(COc2ccc3c(c2)CCCC3)s1. The summed E-state index contributed by atoms with van der Waals surface area (Å²) in [5.41, 5.74) is 4.99. The summed E-state index contributed by atoms with van der Waals surface area (Å²) in [6.45, 7) is 0.474. The fourth-order valence-electron chi connectivity index (χ4n) is 2.60. The van der Waals surface area contributed by atoms with E-state index in [4.69, 9.17) is 10.6 Å². The number of nitrogens with one attached hydrogen (secondary N) is 1. The van der Waals surface area contributed by atoms with Gasteiger partial charge in [-0.2, -0.15) is 0 Å². The van der Waals surface area contributed by atoms with E-state index in [0.29, 0.717) is 11.5 Å². The molecule has 3 N–H and O–H groups in total. The zero-order chi connectivity index (χ0) is 14.7. The van der Waals surface area contributed by atoms with E-state index in [-0.39, 0.29) is 5.91 Å². The summed E-state index contributed by atoms with van der Waals surface area (Å²) in [6.07, 6.45) is 4.87. The number of aryl methyl sites for hydroxylation is 2. The Morgan fingerprint density at radius 3 is 2.81 bits per heavy atom. The van der Waals surface area contributed by atoms with Crippen LogP contribution in [0, 0.1) is 0 Å². The smallest absolute Gasteiger partial charge is 0.275 e. The third-order valence-corrected chi connectivity index (χ3v) is 4.78. The molecule has 1 aliphatic rings. The van der Waals surface area contributed by atoms with Gasteiger partial charge in [-0.3, -0.25) is 10.2 Å². The number of amides is 1. The minimum atomic E-state index is -0.264. The van der Waals surface area contributed by atoms with Crippen molar-refractivity contribution in [3.05, 3.63) is 51.2 Å². The van der Waals surface area contributed by atoms with Crippen molar-refractivity contribution in [2.45, 2.75) is 32.3 Å². The number of thiophene rings is 1. The number of rotatable bonds is 4. The molecule has 3 rings (SSSR count). The Kier molecular flexibility index (Phi) is 4.22. The first-order valence-corrected chi connectivity index (χ1v) is 7.92. The first-order valence-electron chi connectivity index (χ1n) is 7.10. The lowest BCUT2D eigenvalue weighted by atomic mass is 9.92. The van der Waals surface area contributed by atoms with Gasteiger partial charge in [0.05, 0.1) is 4.88 Å². The van der Waals surface area contributed by atoms with Crippen molar-refractivity contribution in [2.24, 2.45) is 5.84 Å². The third-order valence-electron chi connectivity index (χ3n) is 3.72. The number of nitrogen functional groups attached to an aromatic ring is 1. The van der Waals surface area contributed by atoms with E-state index < -0.39 is 0 Å². The fourth-order valence-corrected chi connectivity index (χ4v) is 3.43. The summed E-state index contributed by atoms with van der Waals surface area (Å²) >= 11 is 1.40. The van der Waals surface area contributed by atoms with Crippen molar-refractivity contribution in [2.75, 3.05) is 0 Å².